The van der Waals surface area contributed by atoms with E-state index >= 15 is 0 Å². The number of anilines is 1. The maximum absolute atomic E-state index is 12.6. The lowest BCUT2D eigenvalue weighted by Crippen LogP contribution is -2.56. The Labute approximate surface area is 193 Å². The molecule has 6 heteroatoms. The largest absolute Gasteiger partial charge is 0.494 e. The lowest BCUT2D eigenvalue weighted by Gasteiger charge is -2.38. The van der Waals surface area contributed by atoms with Crippen LogP contribution in [0.2, 0.25) is 0 Å². The molecule has 0 radical (unpaired) electrons. The predicted octanol–water partition coefficient (Wildman–Crippen LogP) is 5.09. The highest BCUT2D eigenvalue weighted by molar-refractivity contribution is 9.10. The number of halogens is 1. The first kappa shape index (κ1) is 22.2. The van der Waals surface area contributed by atoms with Crippen molar-refractivity contribution < 1.29 is 9.53 Å². The molecule has 1 atom stereocenters. The van der Waals surface area contributed by atoms with Crippen molar-refractivity contribution in [1.29, 1.82) is 0 Å². The minimum Gasteiger partial charge on any atom is -0.494 e. The maximum atomic E-state index is 12.6. The molecule has 5 nitrogen and oxygen atoms in total. The van der Waals surface area contributed by atoms with Crippen molar-refractivity contribution in [3.63, 3.8) is 0 Å². The first-order valence-electron chi connectivity index (χ1n) is 11.4. The predicted molar refractivity (Wildman–Crippen MR) is 129 cm³/mol. The van der Waals surface area contributed by atoms with E-state index in [0.717, 1.165) is 50.5 Å². The molecule has 1 unspecified atom stereocenters. The highest BCUT2D eigenvalue weighted by Crippen LogP contribution is 2.29. The zero-order chi connectivity index (χ0) is 21.6. The molecule has 2 heterocycles. The van der Waals surface area contributed by atoms with Crippen LogP contribution in [-0.2, 0) is 6.42 Å². The third-order valence-corrected chi connectivity index (χ3v) is 7.14. The van der Waals surface area contributed by atoms with Gasteiger partial charge in [-0.15, -0.1) is 0 Å². The molecule has 31 heavy (non-hydrogen) atoms. The summed E-state index contributed by atoms with van der Waals surface area (Å²) in [5.74, 6) is 1.65. The number of nitrogens with one attached hydrogen (secondary N) is 1. The number of benzene rings is 2. The summed E-state index contributed by atoms with van der Waals surface area (Å²) < 4.78 is 6.84. The summed E-state index contributed by atoms with van der Waals surface area (Å²) in [5, 5.41) is 3.21. The number of rotatable bonds is 7. The van der Waals surface area contributed by atoms with E-state index in [0.29, 0.717) is 12.5 Å². The van der Waals surface area contributed by atoms with Crippen LogP contribution in [0.5, 0.6) is 5.75 Å². The molecule has 0 spiro atoms. The molecule has 0 aliphatic carbocycles. The quantitative estimate of drug-likeness (QED) is 0.593. The molecule has 2 aromatic rings. The summed E-state index contributed by atoms with van der Waals surface area (Å²) in [4.78, 5) is 17.0. The van der Waals surface area contributed by atoms with E-state index < -0.39 is 0 Å². The maximum Gasteiger partial charge on any atom is 0.322 e. The van der Waals surface area contributed by atoms with Gasteiger partial charge in [-0.25, -0.2) is 4.79 Å². The van der Waals surface area contributed by atoms with Crippen LogP contribution in [0.4, 0.5) is 10.5 Å². The second-order valence-electron chi connectivity index (χ2n) is 8.56. The Morgan fingerprint density at radius 1 is 1.06 bits per heavy atom. The Morgan fingerprint density at radius 3 is 2.55 bits per heavy atom. The van der Waals surface area contributed by atoms with Crippen molar-refractivity contribution in [2.45, 2.75) is 38.6 Å². The average molecular weight is 486 g/mol. The molecule has 1 N–H and O–H groups in total. The number of para-hydroxylation sites is 1. The van der Waals surface area contributed by atoms with Gasteiger partial charge in [0.1, 0.15) is 5.75 Å². The van der Waals surface area contributed by atoms with Gasteiger partial charge in [0.05, 0.1) is 6.61 Å². The normalized spacial score (nSPS) is 20.5. The molecular weight excluding hydrogens is 454 g/mol. The third kappa shape index (κ3) is 5.80. The van der Waals surface area contributed by atoms with Gasteiger partial charge in [0.2, 0.25) is 0 Å². The monoisotopic (exact) mass is 485 g/mol. The number of urea groups is 1. The lowest BCUT2D eigenvalue weighted by atomic mass is 9.90. The van der Waals surface area contributed by atoms with E-state index in [1.54, 1.807) is 0 Å². The van der Waals surface area contributed by atoms with E-state index in [-0.39, 0.29) is 12.1 Å². The second kappa shape index (κ2) is 10.5. The van der Waals surface area contributed by atoms with Crippen molar-refractivity contribution in [2.24, 2.45) is 5.92 Å². The first-order valence-corrected chi connectivity index (χ1v) is 12.2. The van der Waals surface area contributed by atoms with Gasteiger partial charge in [0.15, 0.2) is 0 Å². The Kier molecular flexibility index (Phi) is 7.51. The number of amides is 2. The van der Waals surface area contributed by atoms with Crippen LogP contribution in [-0.4, -0.2) is 49.8 Å². The van der Waals surface area contributed by atoms with Crippen molar-refractivity contribution >= 4 is 27.6 Å². The zero-order valence-electron chi connectivity index (χ0n) is 18.2. The molecule has 2 amide bonds. The summed E-state index contributed by atoms with van der Waals surface area (Å²) in [5.41, 5.74) is 2.31. The van der Waals surface area contributed by atoms with Crippen molar-refractivity contribution in [3.8, 4) is 5.75 Å². The van der Waals surface area contributed by atoms with Crippen LogP contribution in [0.3, 0.4) is 0 Å². The molecule has 166 valence electrons. The number of hydrogen-bond acceptors (Lipinski definition) is 3. The fourth-order valence-electron chi connectivity index (χ4n) is 4.66. The second-order valence-corrected chi connectivity index (χ2v) is 9.41. The van der Waals surface area contributed by atoms with E-state index in [4.69, 9.17) is 4.74 Å². The lowest BCUT2D eigenvalue weighted by molar-refractivity contribution is 0.162. The minimum atomic E-state index is 0.0244. The fourth-order valence-corrected chi connectivity index (χ4v) is 5.07. The molecule has 2 aliphatic heterocycles. The Hall–Kier alpha value is -2.05. The Balaban J connectivity index is 1.24. The highest BCUT2D eigenvalue weighted by Gasteiger charge is 2.28. The highest BCUT2D eigenvalue weighted by atomic mass is 79.9. The first-order chi connectivity index (χ1) is 15.1. The van der Waals surface area contributed by atoms with Gasteiger partial charge in [0.25, 0.3) is 0 Å². The van der Waals surface area contributed by atoms with Crippen LogP contribution in [0.1, 0.15) is 31.7 Å². The van der Waals surface area contributed by atoms with Gasteiger partial charge in [-0.2, -0.15) is 0 Å². The van der Waals surface area contributed by atoms with Gasteiger partial charge in [0, 0.05) is 29.3 Å². The number of ether oxygens (including phenoxy) is 1. The molecule has 0 aromatic heterocycles. The van der Waals surface area contributed by atoms with Crippen molar-refractivity contribution in [3.05, 3.63) is 58.6 Å². The van der Waals surface area contributed by atoms with Crippen LogP contribution < -0.4 is 15.0 Å². The van der Waals surface area contributed by atoms with E-state index in [2.05, 4.69) is 38.3 Å². The summed E-state index contributed by atoms with van der Waals surface area (Å²) in [6, 6.07) is 16.5. The van der Waals surface area contributed by atoms with Crippen LogP contribution in [0.15, 0.2) is 53.0 Å². The Bertz CT molecular complexity index is 868. The van der Waals surface area contributed by atoms with Gasteiger partial charge < -0.3 is 15.0 Å². The SMILES string of the molecule is CCOc1ccc(Br)c(CC2CCN(CC3CCN(c4ccccc4)C(=O)N3)CC2)c1. The number of carbonyl (C=O) groups excluding carboxylic acids is 1. The average Bonchev–Trinajstić information content (AvgIpc) is 2.78. The van der Waals surface area contributed by atoms with E-state index in [1.165, 1.54) is 22.9 Å². The molecule has 2 aliphatic rings. The summed E-state index contributed by atoms with van der Waals surface area (Å²) in [6.07, 6.45) is 4.46. The summed E-state index contributed by atoms with van der Waals surface area (Å²) in [7, 11) is 0. The number of likely N-dealkylation sites (tertiary alicyclic amines) is 1. The van der Waals surface area contributed by atoms with Crippen LogP contribution >= 0.6 is 15.9 Å². The zero-order valence-corrected chi connectivity index (χ0v) is 19.8. The topological polar surface area (TPSA) is 44.8 Å². The van der Waals surface area contributed by atoms with Gasteiger partial charge in [-0.3, -0.25) is 4.90 Å². The molecule has 2 saturated heterocycles. The molecular formula is C25H32BrN3O2. The fraction of sp³-hybridized carbons (Fsp3) is 0.480. The summed E-state index contributed by atoms with van der Waals surface area (Å²) in [6.45, 7) is 6.64. The van der Waals surface area contributed by atoms with Crippen LogP contribution in [0.25, 0.3) is 0 Å². The summed E-state index contributed by atoms with van der Waals surface area (Å²) >= 11 is 3.70. The third-order valence-electron chi connectivity index (χ3n) is 6.36. The number of piperidine rings is 1. The molecule has 2 aromatic carbocycles. The smallest absolute Gasteiger partial charge is 0.322 e. The minimum absolute atomic E-state index is 0.0244. The van der Waals surface area contributed by atoms with Crippen molar-refractivity contribution in [1.82, 2.24) is 10.2 Å². The van der Waals surface area contributed by atoms with Crippen LogP contribution in [0, 0.1) is 5.92 Å². The van der Waals surface area contributed by atoms with Crippen molar-refractivity contribution in [2.75, 3.05) is 37.7 Å². The van der Waals surface area contributed by atoms with Gasteiger partial charge in [-0.05, 0) is 87.5 Å². The number of hydrogen-bond donors (Lipinski definition) is 1. The molecule has 2 fully saturated rings. The molecule has 0 saturated carbocycles. The standard InChI is InChI=1S/C25H32BrN3O2/c1-2-31-23-8-9-24(26)20(17-23)16-19-10-13-28(14-11-19)18-21-12-15-29(25(30)27-21)22-6-4-3-5-7-22/h3-9,17,19,21H,2,10-16,18H2,1H3,(H,27,30). The Morgan fingerprint density at radius 2 is 1.84 bits per heavy atom. The van der Waals surface area contributed by atoms with E-state index in [1.807, 2.05) is 48.2 Å². The van der Waals surface area contributed by atoms with Gasteiger partial charge >= 0.3 is 6.03 Å². The number of carbonyl (C=O) groups is 1. The molecule has 4 rings (SSSR count). The van der Waals surface area contributed by atoms with E-state index in [9.17, 15) is 4.79 Å². The van der Waals surface area contributed by atoms with Gasteiger partial charge in [-0.1, -0.05) is 34.1 Å². The number of nitrogens with zero attached hydrogens (tertiary/aromatic N) is 2. The molecule has 0 bridgehead atoms.